The fourth-order valence-corrected chi connectivity index (χ4v) is 4.99. The number of phenols is 1. The average molecular weight is 503 g/mol. The van der Waals surface area contributed by atoms with Gasteiger partial charge in [-0.25, -0.2) is 18.7 Å². The Bertz CT molecular complexity index is 1600. The van der Waals surface area contributed by atoms with Crippen LogP contribution in [0.3, 0.4) is 0 Å². The van der Waals surface area contributed by atoms with Crippen LogP contribution in [0.1, 0.15) is 42.1 Å². The van der Waals surface area contributed by atoms with Gasteiger partial charge in [0.15, 0.2) is 23.2 Å². The minimum absolute atomic E-state index is 0.151. The van der Waals surface area contributed by atoms with Crippen molar-refractivity contribution < 1.29 is 18.7 Å². The Labute approximate surface area is 210 Å². The monoisotopic (exact) mass is 502 g/mol. The highest BCUT2D eigenvalue weighted by Gasteiger charge is 2.24. The molecule has 0 radical (unpaired) electrons. The molecule has 37 heavy (non-hydrogen) atoms. The van der Waals surface area contributed by atoms with E-state index < -0.39 is 23.3 Å². The Balaban J connectivity index is 1.08. The van der Waals surface area contributed by atoms with Crippen molar-refractivity contribution >= 4 is 27.8 Å². The molecule has 3 aromatic heterocycles. The second-order valence-electron chi connectivity index (χ2n) is 9.53. The lowest BCUT2D eigenvalue weighted by atomic mass is 9.86. The third kappa shape index (κ3) is 4.50. The number of benzene rings is 2. The van der Waals surface area contributed by atoms with Crippen LogP contribution in [0.25, 0.3) is 33.3 Å². The summed E-state index contributed by atoms with van der Waals surface area (Å²) < 4.78 is 29.1. The lowest BCUT2D eigenvalue weighted by molar-refractivity contribution is 0.0940. The van der Waals surface area contributed by atoms with E-state index in [-0.39, 0.29) is 17.5 Å². The third-order valence-electron chi connectivity index (χ3n) is 7.10. The number of rotatable bonds is 5. The zero-order chi connectivity index (χ0) is 25.5. The molecule has 8 nitrogen and oxygen atoms in total. The number of nitrogens with zero attached hydrogens (tertiary/aromatic N) is 4. The molecule has 188 valence electrons. The molecule has 1 amide bonds. The lowest BCUT2D eigenvalue weighted by Gasteiger charge is -2.28. The highest BCUT2D eigenvalue weighted by Crippen LogP contribution is 2.33. The van der Waals surface area contributed by atoms with Crippen LogP contribution in [0.4, 0.5) is 8.78 Å². The van der Waals surface area contributed by atoms with Crippen LogP contribution < -0.4 is 5.32 Å². The normalized spacial score (nSPS) is 17.9. The number of H-pyrrole nitrogens is 1. The Morgan fingerprint density at radius 1 is 1.08 bits per heavy atom. The standard InChI is InChI=1S/C27H24F2N6O2/c28-21-9-19(10-22(29)24(21)36)27(37)32-12-15-1-5-20(6-2-15)35-14-18-4-3-16(11-23(18)34-35)25-31-13-17-7-8-30-26(17)33-25/h3-4,7-11,13-15,20,36H,1-2,5-6,12H2,(H,32,37)(H,30,31,33)/t15-,20-. The molecule has 2 aromatic carbocycles. The number of halogens is 2. The average Bonchev–Trinajstić information content (AvgIpc) is 3.56. The number of carbonyl (C=O) groups is 1. The maximum Gasteiger partial charge on any atom is 0.251 e. The van der Waals surface area contributed by atoms with Gasteiger partial charge in [-0.2, -0.15) is 5.10 Å². The zero-order valence-electron chi connectivity index (χ0n) is 19.8. The number of aromatic hydroxyl groups is 1. The van der Waals surface area contributed by atoms with Gasteiger partial charge in [0.25, 0.3) is 5.91 Å². The summed E-state index contributed by atoms with van der Waals surface area (Å²) in [5, 5.41) is 18.8. The minimum Gasteiger partial charge on any atom is -0.503 e. The molecule has 6 rings (SSSR count). The van der Waals surface area contributed by atoms with Crippen LogP contribution in [0.5, 0.6) is 5.75 Å². The summed E-state index contributed by atoms with van der Waals surface area (Å²) in [5.74, 6) is -3.04. The van der Waals surface area contributed by atoms with Crippen LogP contribution in [0, 0.1) is 17.6 Å². The number of aromatic amines is 1. The van der Waals surface area contributed by atoms with E-state index in [1.54, 1.807) is 6.20 Å². The highest BCUT2D eigenvalue weighted by molar-refractivity contribution is 5.94. The molecule has 0 atom stereocenters. The van der Waals surface area contributed by atoms with E-state index in [4.69, 9.17) is 5.10 Å². The van der Waals surface area contributed by atoms with Crippen LogP contribution in [-0.2, 0) is 0 Å². The van der Waals surface area contributed by atoms with Gasteiger partial charge in [-0.3, -0.25) is 9.48 Å². The van der Waals surface area contributed by atoms with E-state index in [9.17, 15) is 18.7 Å². The van der Waals surface area contributed by atoms with Gasteiger partial charge in [-0.1, -0.05) is 12.1 Å². The summed E-state index contributed by atoms with van der Waals surface area (Å²) >= 11 is 0. The third-order valence-corrected chi connectivity index (χ3v) is 7.10. The SMILES string of the molecule is O=C(NC[C@H]1CC[C@H](n2cc3ccc(-c4ncc5cc[nH]c5n4)cc3n2)CC1)c1cc(F)c(O)c(F)c1. The molecule has 0 saturated heterocycles. The van der Waals surface area contributed by atoms with Crippen LogP contribution in [0.2, 0.25) is 0 Å². The topological polar surface area (TPSA) is 109 Å². The van der Waals surface area contributed by atoms with E-state index in [1.165, 1.54) is 0 Å². The first kappa shape index (κ1) is 23.1. The number of phenolic OH excluding ortho intramolecular Hbond substituents is 1. The molecule has 0 unspecified atom stereocenters. The van der Waals surface area contributed by atoms with Crippen molar-refractivity contribution in [1.82, 2.24) is 30.0 Å². The van der Waals surface area contributed by atoms with Crippen molar-refractivity contribution in [3.63, 3.8) is 0 Å². The van der Waals surface area contributed by atoms with Gasteiger partial charge < -0.3 is 15.4 Å². The minimum atomic E-state index is -1.15. The van der Waals surface area contributed by atoms with Gasteiger partial charge in [-0.15, -0.1) is 0 Å². The predicted molar refractivity (Wildman–Crippen MR) is 134 cm³/mol. The largest absolute Gasteiger partial charge is 0.503 e. The fourth-order valence-electron chi connectivity index (χ4n) is 4.99. The van der Waals surface area contributed by atoms with Gasteiger partial charge >= 0.3 is 0 Å². The smallest absolute Gasteiger partial charge is 0.251 e. The van der Waals surface area contributed by atoms with E-state index in [0.717, 1.165) is 65.3 Å². The summed E-state index contributed by atoms with van der Waals surface area (Å²) in [6.45, 7) is 0.422. The highest BCUT2D eigenvalue weighted by atomic mass is 19.1. The van der Waals surface area contributed by atoms with Gasteiger partial charge in [0.1, 0.15) is 5.65 Å². The van der Waals surface area contributed by atoms with Crippen molar-refractivity contribution in [3.8, 4) is 17.1 Å². The van der Waals surface area contributed by atoms with Crippen molar-refractivity contribution in [3.05, 3.63) is 72.2 Å². The van der Waals surface area contributed by atoms with E-state index in [2.05, 4.69) is 26.5 Å². The van der Waals surface area contributed by atoms with Crippen molar-refractivity contribution in [2.45, 2.75) is 31.7 Å². The first-order valence-electron chi connectivity index (χ1n) is 12.2. The van der Waals surface area contributed by atoms with Crippen molar-refractivity contribution in [1.29, 1.82) is 0 Å². The molecule has 1 saturated carbocycles. The summed E-state index contributed by atoms with van der Waals surface area (Å²) in [6, 6.07) is 9.91. The molecule has 1 fully saturated rings. The molecule has 0 aliphatic heterocycles. The van der Waals surface area contributed by atoms with Gasteiger partial charge in [0.05, 0.1) is 11.6 Å². The van der Waals surface area contributed by atoms with E-state index in [1.807, 2.05) is 35.1 Å². The first-order valence-corrected chi connectivity index (χ1v) is 12.2. The van der Waals surface area contributed by atoms with Crippen molar-refractivity contribution in [2.75, 3.05) is 6.54 Å². The summed E-state index contributed by atoms with van der Waals surface area (Å²) in [5.41, 5.74) is 2.44. The molecule has 10 heteroatoms. The van der Waals surface area contributed by atoms with Gasteiger partial charge in [0.2, 0.25) is 0 Å². The van der Waals surface area contributed by atoms with E-state index in [0.29, 0.717) is 12.4 Å². The molecular formula is C27H24F2N6O2. The predicted octanol–water partition coefficient (Wildman–Crippen LogP) is 5.12. The number of carbonyl (C=O) groups excluding carboxylic acids is 1. The molecule has 0 bridgehead atoms. The van der Waals surface area contributed by atoms with Gasteiger partial charge in [0, 0.05) is 47.0 Å². The molecule has 3 heterocycles. The van der Waals surface area contributed by atoms with Crippen LogP contribution in [-0.4, -0.2) is 42.3 Å². The maximum atomic E-state index is 13.5. The number of hydrogen-bond acceptors (Lipinski definition) is 5. The molecule has 1 aliphatic rings. The molecule has 1 aliphatic carbocycles. The Hall–Kier alpha value is -4.34. The molecular weight excluding hydrogens is 478 g/mol. The summed E-state index contributed by atoms with van der Waals surface area (Å²) in [7, 11) is 0. The number of aromatic nitrogens is 5. The van der Waals surface area contributed by atoms with Crippen molar-refractivity contribution in [2.24, 2.45) is 5.92 Å². The Kier molecular flexibility index (Phi) is 5.78. The van der Waals surface area contributed by atoms with Gasteiger partial charge in [-0.05, 0) is 55.9 Å². The maximum absolute atomic E-state index is 13.5. The first-order chi connectivity index (χ1) is 17.9. The summed E-state index contributed by atoms with van der Waals surface area (Å²) in [4.78, 5) is 24.5. The number of hydrogen-bond donors (Lipinski definition) is 3. The Morgan fingerprint density at radius 2 is 1.86 bits per heavy atom. The quantitative estimate of drug-likeness (QED) is 0.309. The number of nitrogens with one attached hydrogen (secondary N) is 2. The zero-order valence-corrected chi connectivity index (χ0v) is 19.8. The molecule has 3 N–H and O–H groups in total. The molecule has 5 aromatic rings. The van der Waals surface area contributed by atoms with Crippen LogP contribution in [0.15, 0.2) is 55.0 Å². The van der Waals surface area contributed by atoms with E-state index >= 15 is 0 Å². The summed E-state index contributed by atoms with van der Waals surface area (Å²) in [6.07, 6.45) is 9.33. The Morgan fingerprint density at radius 3 is 2.65 bits per heavy atom. The van der Waals surface area contributed by atoms with Crippen LogP contribution >= 0.6 is 0 Å². The second kappa shape index (κ2) is 9.27. The number of amides is 1. The molecule has 0 spiro atoms. The second-order valence-corrected chi connectivity index (χ2v) is 9.53. The fraction of sp³-hybridized carbons (Fsp3) is 0.259. The lowest BCUT2D eigenvalue weighted by Crippen LogP contribution is -2.31. The number of fused-ring (bicyclic) bond motifs is 2.